The summed E-state index contributed by atoms with van der Waals surface area (Å²) >= 11 is 5.97. The number of fused-ring (bicyclic) bond motifs is 1. The molecule has 0 atom stereocenters. The summed E-state index contributed by atoms with van der Waals surface area (Å²) in [6, 6.07) is 3.95. The molecule has 0 fully saturated rings. The van der Waals surface area contributed by atoms with Gasteiger partial charge in [-0.2, -0.15) is 5.10 Å². The Morgan fingerprint density at radius 3 is 2.74 bits per heavy atom. The third kappa shape index (κ3) is 1.96. The van der Waals surface area contributed by atoms with E-state index in [1.54, 1.807) is 22.9 Å². The monoisotopic (exact) mass is 275 g/mol. The predicted molar refractivity (Wildman–Crippen MR) is 76.2 cm³/mol. The third-order valence-corrected chi connectivity index (χ3v) is 3.25. The van der Waals surface area contributed by atoms with Crippen molar-refractivity contribution in [3.05, 3.63) is 35.7 Å². The van der Waals surface area contributed by atoms with Crippen molar-refractivity contribution in [1.29, 1.82) is 0 Å². The van der Waals surface area contributed by atoms with Crippen LogP contribution in [0.15, 0.2) is 30.7 Å². The number of halogens is 1. The number of anilines is 1. The van der Waals surface area contributed by atoms with Gasteiger partial charge in [0, 0.05) is 24.0 Å². The average molecular weight is 276 g/mol. The van der Waals surface area contributed by atoms with Gasteiger partial charge in [-0.15, -0.1) is 0 Å². The molecule has 0 aliphatic heterocycles. The van der Waals surface area contributed by atoms with E-state index in [2.05, 4.69) is 23.9 Å². The number of aromatic nitrogens is 4. The van der Waals surface area contributed by atoms with Crippen LogP contribution in [-0.2, 0) is 0 Å². The van der Waals surface area contributed by atoms with Crippen LogP contribution in [0, 0.1) is 0 Å². The normalized spacial score (nSPS) is 11.6. The maximum atomic E-state index is 6.13. The Kier molecular flexibility index (Phi) is 2.71. The van der Waals surface area contributed by atoms with Crippen molar-refractivity contribution in [1.82, 2.24) is 19.2 Å². The van der Waals surface area contributed by atoms with Crippen molar-refractivity contribution in [3.63, 3.8) is 0 Å². The zero-order chi connectivity index (χ0) is 13.6. The topological polar surface area (TPSA) is 61.1 Å². The largest absolute Gasteiger partial charge is 0.383 e. The first-order valence-corrected chi connectivity index (χ1v) is 6.41. The van der Waals surface area contributed by atoms with Gasteiger partial charge in [-0.05, 0) is 26.0 Å². The van der Waals surface area contributed by atoms with Crippen molar-refractivity contribution in [2.45, 2.75) is 19.9 Å². The second-order valence-electron chi connectivity index (χ2n) is 4.72. The molecule has 6 heteroatoms. The summed E-state index contributed by atoms with van der Waals surface area (Å²) in [6.07, 6.45) is 5.49. The first kappa shape index (κ1) is 12.0. The van der Waals surface area contributed by atoms with Crippen LogP contribution in [0.4, 0.5) is 5.82 Å². The van der Waals surface area contributed by atoms with Crippen LogP contribution in [0.5, 0.6) is 0 Å². The van der Waals surface area contributed by atoms with Gasteiger partial charge >= 0.3 is 0 Å². The maximum Gasteiger partial charge on any atom is 0.139 e. The third-order valence-electron chi connectivity index (χ3n) is 3.02. The number of hydrogen-bond donors (Lipinski definition) is 1. The van der Waals surface area contributed by atoms with E-state index in [1.165, 1.54) is 0 Å². The summed E-state index contributed by atoms with van der Waals surface area (Å²) in [5.74, 6) is 0.570. The molecule has 2 N–H and O–H groups in total. The molecule has 0 aromatic carbocycles. The zero-order valence-electron chi connectivity index (χ0n) is 10.7. The van der Waals surface area contributed by atoms with E-state index in [1.807, 2.05) is 16.9 Å². The molecule has 19 heavy (non-hydrogen) atoms. The highest BCUT2D eigenvalue weighted by atomic mass is 35.5. The molecule has 3 rings (SSSR count). The Hall–Kier alpha value is -2.01. The summed E-state index contributed by atoms with van der Waals surface area (Å²) in [5.41, 5.74) is 8.54. The van der Waals surface area contributed by atoms with Gasteiger partial charge in [-0.1, -0.05) is 11.6 Å². The number of imidazole rings is 1. The van der Waals surface area contributed by atoms with Crippen LogP contribution >= 0.6 is 11.6 Å². The van der Waals surface area contributed by atoms with E-state index in [0.717, 1.165) is 16.9 Å². The Morgan fingerprint density at radius 2 is 2.05 bits per heavy atom. The van der Waals surface area contributed by atoms with Gasteiger partial charge < -0.3 is 5.73 Å². The number of rotatable bonds is 2. The first-order chi connectivity index (χ1) is 9.06. The molecular weight excluding hydrogens is 262 g/mol. The van der Waals surface area contributed by atoms with Crippen molar-refractivity contribution < 1.29 is 0 Å². The Morgan fingerprint density at radius 1 is 1.26 bits per heavy atom. The van der Waals surface area contributed by atoms with Crippen molar-refractivity contribution in [2.24, 2.45) is 0 Å². The van der Waals surface area contributed by atoms with Gasteiger partial charge in [0.05, 0.1) is 11.2 Å². The Labute approximate surface area is 115 Å². The van der Waals surface area contributed by atoms with E-state index < -0.39 is 0 Å². The smallest absolute Gasteiger partial charge is 0.139 e. The molecule has 3 aromatic heterocycles. The molecule has 0 saturated heterocycles. The number of nitrogens with zero attached hydrogens (tertiary/aromatic N) is 4. The van der Waals surface area contributed by atoms with E-state index in [0.29, 0.717) is 16.9 Å². The van der Waals surface area contributed by atoms with Crippen LogP contribution in [-0.4, -0.2) is 19.2 Å². The highest BCUT2D eigenvalue weighted by Crippen LogP contribution is 2.27. The zero-order valence-corrected chi connectivity index (χ0v) is 11.5. The molecule has 98 valence electrons. The van der Waals surface area contributed by atoms with Gasteiger partial charge in [-0.3, -0.25) is 9.08 Å². The van der Waals surface area contributed by atoms with Crippen LogP contribution < -0.4 is 5.73 Å². The number of hydrogen-bond acceptors (Lipinski definition) is 3. The highest BCUT2D eigenvalue weighted by molar-refractivity contribution is 6.30. The van der Waals surface area contributed by atoms with Crippen molar-refractivity contribution in [3.8, 4) is 11.3 Å². The van der Waals surface area contributed by atoms with E-state index in [4.69, 9.17) is 17.3 Å². The maximum absolute atomic E-state index is 6.13. The quantitative estimate of drug-likeness (QED) is 0.782. The second kappa shape index (κ2) is 4.28. The van der Waals surface area contributed by atoms with Crippen LogP contribution in [0.25, 0.3) is 16.9 Å². The standard InChI is InChI=1S/C13H14ClN5/c1-8(2)19-6-9(5-16-19)12-13(15)18-7-10(14)3-4-11(18)17-12/h3-8H,15H2,1-2H3. The minimum absolute atomic E-state index is 0.307. The Balaban J connectivity index is 2.16. The predicted octanol–water partition coefficient (Wildman–Crippen LogP) is 3.01. The minimum atomic E-state index is 0.307. The molecule has 3 aromatic rings. The fourth-order valence-electron chi connectivity index (χ4n) is 1.99. The molecule has 0 aliphatic rings. The van der Waals surface area contributed by atoms with Gasteiger partial charge in [0.25, 0.3) is 0 Å². The molecule has 0 radical (unpaired) electrons. The molecule has 0 spiro atoms. The summed E-state index contributed by atoms with van der Waals surface area (Å²) in [7, 11) is 0. The molecular formula is C13H14ClN5. The summed E-state index contributed by atoms with van der Waals surface area (Å²) in [6.45, 7) is 4.15. The van der Waals surface area contributed by atoms with Crippen molar-refractivity contribution >= 4 is 23.1 Å². The fourth-order valence-corrected chi connectivity index (χ4v) is 2.15. The molecule has 0 aliphatic carbocycles. The summed E-state index contributed by atoms with van der Waals surface area (Å²) < 4.78 is 3.66. The SMILES string of the molecule is CC(C)n1cc(-c2nc3ccc(Cl)cn3c2N)cn1. The summed E-state index contributed by atoms with van der Waals surface area (Å²) in [4.78, 5) is 4.52. The second-order valence-corrected chi connectivity index (χ2v) is 5.16. The van der Waals surface area contributed by atoms with Gasteiger partial charge in [-0.25, -0.2) is 4.98 Å². The molecule has 0 saturated carbocycles. The van der Waals surface area contributed by atoms with E-state index in [9.17, 15) is 0 Å². The van der Waals surface area contributed by atoms with Crippen LogP contribution in [0.1, 0.15) is 19.9 Å². The molecule has 0 unspecified atom stereocenters. The first-order valence-electron chi connectivity index (χ1n) is 6.04. The molecule has 0 bridgehead atoms. The summed E-state index contributed by atoms with van der Waals surface area (Å²) in [5, 5.41) is 4.93. The van der Waals surface area contributed by atoms with Gasteiger partial charge in [0.1, 0.15) is 17.2 Å². The number of nitrogens with two attached hydrogens (primary N) is 1. The lowest BCUT2D eigenvalue weighted by atomic mass is 10.2. The Bertz CT molecular complexity index is 741. The van der Waals surface area contributed by atoms with Crippen LogP contribution in [0.3, 0.4) is 0 Å². The number of pyridine rings is 1. The molecule has 0 amide bonds. The van der Waals surface area contributed by atoms with E-state index >= 15 is 0 Å². The minimum Gasteiger partial charge on any atom is -0.383 e. The van der Waals surface area contributed by atoms with Crippen LogP contribution in [0.2, 0.25) is 5.02 Å². The highest BCUT2D eigenvalue weighted by Gasteiger charge is 2.13. The molecule has 5 nitrogen and oxygen atoms in total. The lowest BCUT2D eigenvalue weighted by Gasteiger charge is -2.02. The van der Waals surface area contributed by atoms with Gasteiger partial charge in [0.2, 0.25) is 0 Å². The van der Waals surface area contributed by atoms with E-state index in [-0.39, 0.29) is 0 Å². The fraction of sp³-hybridized carbons (Fsp3) is 0.231. The van der Waals surface area contributed by atoms with Gasteiger partial charge in [0.15, 0.2) is 0 Å². The lowest BCUT2D eigenvalue weighted by molar-refractivity contribution is 0.532. The van der Waals surface area contributed by atoms with Crippen molar-refractivity contribution in [2.75, 3.05) is 5.73 Å². The number of nitrogen functional groups attached to an aromatic ring is 1. The lowest BCUT2D eigenvalue weighted by Crippen LogP contribution is -1.99. The molecule has 3 heterocycles. The average Bonchev–Trinajstić information content (AvgIpc) is 2.95.